The molecule has 68 heavy (non-hydrogen) atoms. The molecule has 0 bridgehead atoms. The van der Waals surface area contributed by atoms with Crippen LogP contribution < -0.4 is 0 Å². The van der Waals surface area contributed by atoms with Crippen LogP contribution in [-0.2, 0) is 76.3 Å². The van der Waals surface area contributed by atoms with Crippen LogP contribution in [0.2, 0.25) is 0 Å². The number of aliphatic hydroxyl groups is 4. The van der Waals surface area contributed by atoms with Gasteiger partial charge in [-0.2, -0.15) is 0 Å². The van der Waals surface area contributed by atoms with E-state index in [4.69, 9.17) is 37.9 Å². The van der Waals surface area contributed by atoms with Gasteiger partial charge in [-0.1, -0.05) is 40.5 Å². The Morgan fingerprint density at radius 2 is 0.779 bits per heavy atom. The van der Waals surface area contributed by atoms with Crippen LogP contribution in [0.5, 0.6) is 0 Å². The largest absolute Gasteiger partial charge is 0.464 e. The Kier molecular flexibility index (Phi) is 25.8. The summed E-state index contributed by atoms with van der Waals surface area (Å²) in [6.07, 6.45) is 4.19. The zero-order valence-corrected chi connectivity index (χ0v) is 40.3. The molecule has 0 saturated heterocycles. The maximum atomic E-state index is 14.1. The lowest BCUT2D eigenvalue weighted by Crippen LogP contribution is -2.47. The second-order valence-corrected chi connectivity index (χ2v) is 19.0. The molecular weight excluding hydrogens is 897 g/mol. The minimum atomic E-state index is -1.87. The molecule has 20 nitrogen and oxygen atoms in total. The molecule has 3 aliphatic carbocycles. The van der Waals surface area contributed by atoms with E-state index in [1.807, 2.05) is 27.7 Å². The molecule has 10 atom stereocenters. The van der Waals surface area contributed by atoms with Crippen molar-refractivity contribution >= 4 is 47.8 Å². The molecular formula is C48H76O20. The van der Waals surface area contributed by atoms with Gasteiger partial charge in [-0.25, -0.2) is 0 Å². The first-order valence-electron chi connectivity index (χ1n) is 24.3. The molecule has 3 aliphatic rings. The Balaban J connectivity index is 2.08. The highest BCUT2D eigenvalue weighted by Gasteiger charge is 2.47. The predicted molar refractivity (Wildman–Crippen MR) is 236 cm³/mol. The van der Waals surface area contributed by atoms with Gasteiger partial charge < -0.3 is 58.3 Å². The number of aliphatic hydroxyl groups excluding tert-OH is 4. The normalized spacial score (nSPS) is 26.1. The second kappa shape index (κ2) is 30.3. The second-order valence-electron chi connectivity index (χ2n) is 19.0. The first-order chi connectivity index (χ1) is 32.5. The van der Waals surface area contributed by atoms with Crippen LogP contribution in [0.3, 0.4) is 0 Å². The molecule has 0 aromatic carbocycles. The van der Waals surface area contributed by atoms with Crippen molar-refractivity contribution in [1.82, 2.24) is 0 Å². The smallest absolute Gasteiger partial charge is 0.309 e. The molecule has 0 amide bonds. The van der Waals surface area contributed by atoms with Crippen LogP contribution in [0.25, 0.3) is 0 Å². The van der Waals surface area contributed by atoms with Crippen LogP contribution in [0.15, 0.2) is 0 Å². The standard InChI is InChI=1S/C48H76O20/c1-5-6-7-33(25-40(53)61-18-14-49)41(54)65-26-48(27-66-42(55)34-11-8-30(2)22-37(34)45(58)62-19-15-50,28-67-43(56)35-12-9-31(3)23-38(35)46(59)63-20-16-51)29-68-44(57)36-13-10-32(4)24-39(36)47(60)64-21-17-52/h30-39,49-52H,5-29H2,1-4H3. The van der Waals surface area contributed by atoms with Gasteiger partial charge in [0.25, 0.3) is 0 Å². The Hall–Kier alpha value is -4.40. The number of ether oxygens (including phenoxy) is 8. The minimum Gasteiger partial charge on any atom is -0.464 e. The molecule has 4 N–H and O–H groups in total. The highest BCUT2D eigenvalue weighted by Crippen LogP contribution is 2.39. The number of hydrogen-bond acceptors (Lipinski definition) is 20. The van der Waals surface area contributed by atoms with Crippen molar-refractivity contribution < 1.29 is 96.7 Å². The fourth-order valence-corrected chi connectivity index (χ4v) is 9.29. The molecule has 0 aromatic rings. The van der Waals surface area contributed by atoms with Gasteiger partial charge in [0, 0.05) is 0 Å². The van der Waals surface area contributed by atoms with E-state index >= 15 is 0 Å². The SMILES string of the molecule is CCCCC(CC(=O)OCCO)C(=O)OCC(COC(=O)C1CCC(C)CC1C(=O)OCCO)(COC(=O)C1CCC(C)CC1C(=O)OCCO)COC(=O)C1CCC(C)CC1C(=O)OCCO. The molecule has 3 fully saturated rings. The maximum absolute atomic E-state index is 14.1. The summed E-state index contributed by atoms with van der Waals surface area (Å²) in [6.45, 7) is 1.92. The quantitative estimate of drug-likeness (QED) is 0.0647. The maximum Gasteiger partial charge on any atom is 0.309 e. The third kappa shape index (κ3) is 18.5. The summed E-state index contributed by atoms with van der Waals surface area (Å²) in [4.78, 5) is 109. The lowest BCUT2D eigenvalue weighted by Gasteiger charge is -2.37. The Bertz CT molecular complexity index is 1490. The van der Waals surface area contributed by atoms with Crippen molar-refractivity contribution in [2.45, 2.75) is 111 Å². The first kappa shape index (κ1) is 57.9. The fraction of sp³-hybridized carbons (Fsp3) is 0.833. The number of hydrogen-bond donors (Lipinski definition) is 4. The van der Waals surface area contributed by atoms with E-state index in [-0.39, 0.29) is 89.1 Å². The van der Waals surface area contributed by atoms with Crippen molar-refractivity contribution in [3.8, 4) is 0 Å². The molecule has 10 unspecified atom stereocenters. The molecule has 20 heteroatoms. The summed E-state index contributed by atoms with van der Waals surface area (Å²) in [5.41, 5.74) is -1.87. The third-order valence-corrected chi connectivity index (χ3v) is 13.3. The van der Waals surface area contributed by atoms with Gasteiger partial charge in [0.1, 0.15) is 58.3 Å². The van der Waals surface area contributed by atoms with E-state index in [1.165, 1.54) is 0 Å². The molecule has 0 radical (unpaired) electrons. The van der Waals surface area contributed by atoms with Crippen molar-refractivity contribution in [2.75, 3.05) is 79.3 Å². The molecule has 0 aliphatic heterocycles. The lowest BCUT2D eigenvalue weighted by molar-refractivity contribution is -0.183. The molecule has 0 aromatic heterocycles. The molecule has 3 rings (SSSR count). The predicted octanol–water partition coefficient (Wildman–Crippen LogP) is 2.64. The van der Waals surface area contributed by atoms with Crippen molar-refractivity contribution in [2.24, 2.45) is 64.6 Å². The van der Waals surface area contributed by atoms with Crippen LogP contribution in [0.1, 0.15) is 111 Å². The average Bonchev–Trinajstić information content (AvgIpc) is 3.33. The number of unbranched alkanes of at least 4 members (excludes halogenated alkanes) is 1. The lowest BCUT2D eigenvalue weighted by atomic mass is 9.74. The minimum absolute atomic E-state index is 0.0460. The van der Waals surface area contributed by atoms with Crippen molar-refractivity contribution in [3.63, 3.8) is 0 Å². The zero-order valence-electron chi connectivity index (χ0n) is 40.3. The van der Waals surface area contributed by atoms with Crippen LogP contribution >= 0.6 is 0 Å². The van der Waals surface area contributed by atoms with E-state index in [0.717, 1.165) is 0 Å². The summed E-state index contributed by atoms with van der Waals surface area (Å²) >= 11 is 0. The van der Waals surface area contributed by atoms with Gasteiger partial charge in [0.2, 0.25) is 0 Å². The van der Waals surface area contributed by atoms with E-state index in [2.05, 4.69) is 0 Å². The summed E-state index contributed by atoms with van der Waals surface area (Å²) in [5.74, 6) is -13.0. The number of carbonyl (C=O) groups excluding carboxylic acids is 8. The summed E-state index contributed by atoms with van der Waals surface area (Å²) in [7, 11) is 0. The van der Waals surface area contributed by atoms with Gasteiger partial charge in [-0.15, -0.1) is 0 Å². The number of rotatable bonds is 28. The van der Waals surface area contributed by atoms with Gasteiger partial charge in [0.15, 0.2) is 0 Å². The van der Waals surface area contributed by atoms with E-state index < -0.39 is 154 Å². The summed E-state index contributed by atoms with van der Waals surface area (Å²) in [6, 6.07) is 0. The molecule has 388 valence electrons. The van der Waals surface area contributed by atoms with Gasteiger partial charge >= 0.3 is 47.8 Å². The van der Waals surface area contributed by atoms with Crippen molar-refractivity contribution in [3.05, 3.63) is 0 Å². The topological polar surface area (TPSA) is 291 Å². The van der Waals surface area contributed by atoms with Gasteiger partial charge in [-0.05, 0) is 82.0 Å². The fourth-order valence-electron chi connectivity index (χ4n) is 9.29. The molecule has 0 spiro atoms. The Morgan fingerprint density at radius 1 is 0.456 bits per heavy atom. The molecule has 3 saturated carbocycles. The number of carbonyl (C=O) groups is 8. The zero-order chi connectivity index (χ0) is 50.2. The van der Waals surface area contributed by atoms with Gasteiger partial charge in [0.05, 0.1) is 74.3 Å². The van der Waals surface area contributed by atoms with Crippen molar-refractivity contribution in [1.29, 1.82) is 0 Å². The van der Waals surface area contributed by atoms with E-state index in [9.17, 15) is 58.8 Å². The highest BCUT2D eigenvalue weighted by atomic mass is 16.6. The summed E-state index contributed by atoms with van der Waals surface area (Å²) < 4.78 is 44.4. The first-order valence-corrected chi connectivity index (χ1v) is 24.3. The molecule has 0 heterocycles. The van der Waals surface area contributed by atoms with E-state index in [0.29, 0.717) is 32.1 Å². The van der Waals surface area contributed by atoms with E-state index in [1.54, 1.807) is 0 Å². The van der Waals surface area contributed by atoms with Crippen LogP contribution in [0.4, 0.5) is 0 Å². The Morgan fingerprint density at radius 3 is 1.12 bits per heavy atom. The third-order valence-electron chi connectivity index (χ3n) is 13.3. The number of esters is 8. The monoisotopic (exact) mass is 972 g/mol. The highest BCUT2D eigenvalue weighted by molar-refractivity contribution is 5.84. The van der Waals surface area contributed by atoms with Crippen LogP contribution in [-0.4, -0.2) is 147 Å². The summed E-state index contributed by atoms with van der Waals surface area (Å²) in [5, 5.41) is 37.1. The Labute approximate surface area is 398 Å². The van der Waals surface area contributed by atoms with Gasteiger partial charge in [-0.3, -0.25) is 38.4 Å². The average molecular weight is 973 g/mol. The van der Waals surface area contributed by atoms with Crippen LogP contribution in [0, 0.1) is 64.6 Å².